The second-order valence-electron chi connectivity index (χ2n) is 5.37. The van der Waals surface area contributed by atoms with Gasteiger partial charge in [0.05, 0.1) is 6.61 Å². The summed E-state index contributed by atoms with van der Waals surface area (Å²) in [5.41, 5.74) is 0.656. The fraction of sp³-hybridized carbons (Fsp3) is 0.571. The van der Waals surface area contributed by atoms with Crippen LogP contribution in [0.5, 0.6) is 0 Å². The van der Waals surface area contributed by atoms with E-state index in [0.29, 0.717) is 5.56 Å². The molecule has 0 bridgehead atoms. The monoisotopic (exact) mass is 363 g/mol. The Morgan fingerprint density at radius 3 is 2.58 bits per heavy atom. The second-order valence-corrected chi connectivity index (χ2v) is 6.38. The van der Waals surface area contributed by atoms with Gasteiger partial charge in [0.25, 0.3) is 0 Å². The van der Waals surface area contributed by atoms with E-state index in [2.05, 4.69) is 4.18 Å². The molecule has 0 saturated carbocycles. The quantitative estimate of drug-likeness (QED) is 0.568. The smallest absolute Gasteiger partial charge is 0.218 e. The minimum absolute atomic E-state index is 0.00439. The van der Waals surface area contributed by atoms with Crippen molar-refractivity contribution in [3.05, 3.63) is 35.9 Å². The van der Waals surface area contributed by atoms with Crippen molar-refractivity contribution < 1.29 is 40.5 Å². The molecule has 2 aliphatic heterocycles. The van der Waals surface area contributed by atoms with E-state index in [1.165, 1.54) is 7.11 Å². The molecule has 2 heterocycles. The first-order valence-electron chi connectivity index (χ1n) is 7.17. The van der Waals surface area contributed by atoms with Crippen LogP contribution in [0.2, 0.25) is 0 Å². The van der Waals surface area contributed by atoms with Crippen molar-refractivity contribution in [3.8, 4) is 0 Å². The maximum Gasteiger partial charge on any atom is 0.218 e. The fourth-order valence-electron chi connectivity index (χ4n) is 2.75. The summed E-state index contributed by atoms with van der Waals surface area (Å²) in [6, 6.07) is 8.80. The molecule has 10 heteroatoms. The van der Waals surface area contributed by atoms with Crippen LogP contribution in [0.3, 0.4) is 0 Å². The molecule has 6 atom stereocenters. The van der Waals surface area contributed by atoms with Gasteiger partial charge in [0, 0.05) is 12.7 Å². The molecule has 2 fully saturated rings. The number of alkyl halides is 1. The highest BCUT2D eigenvalue weighted by atomic mass is 32.3. The number of rotatable bonds is 4. The van der Waals surface area contributed by atoms with E-state index in [-0.39, 0.29) is 6.61 Å². The summed E-state index contributed by atoms with van der Waals surface area (Å²) in [6.45, 7) is -0.00439. The van der Waals surface area contributed by atoms with Crippen LogP contribution in [0.25, 0.3) is 0 Å². The van der Waals surface area contributed by atoms with Crippen molar-refractivity contribution in [3.63, 3.8) is 0 Å². The summed E-state index contributed by atoms with van der Waals surface area (Å²) in [5.74, 6) is 0. The van der Waals surface area contributed by atoms with E-state index in [1.54, 1.807) is 30.3 Å². The van der Waals surface area contributed by atoms with Gasteiger partial charge >= 0.3 is 0 Å². The number of methoxy groups -OCH3 is 1. The molecule has 0 aliphatic carbocycles. The highest BCUT2D eigenvalue weighted by molar-refractivity contribution is 7.80. The predicted octanol–water partition coefficient (Wildman–Crippen LogP) is 0.655. The van der Waals surface area contributed by atoms with Crippen LogP contribution >= 0.6 is 0 Å². The zero-order valence-electron chi connectivity index (χ0n) is 12.6. The Kier molecular flexibility index (Phi) is 5.16. The first-order valence-corrected chi connectivity index (χ1v) is 8.51. The van der Waals surface area contributed by atoms with Gasteiger partial charge in [0.1, 0.15) is 18.3 Å². The predicted molar refractivity (Wildman–Crippen MR) is 75.1 cm³/mol. The lowest BCUT2D eigenvalue weighted by atomic mass is 9.99. The SMILES string of the molecule is CO[C@@H]1O[C@@H]2CO[C@@H](c3ccccc3)O[C@H]2[C@H](OS(=O)(=O)[O-])[C@H]1F. The third kappa shape index (κ3) is 3.75. The number of ether oxygens (including phenoxy) is 4. The lowest BCUT2D eigenvalue weighted by molar-refractivity contribution is -0.347. The minimum Gasteiger partial charge on any atom is -0.726 e. The van der Waals surface area contributed by atoms with Crippen LogP contribution in [0.4, 0.5) is 4.39 Å². The van der Waals surface area contributed by atoms with E-state index in [0.717, 1.165) is 0 Å². The van der Waals surface area contributed by atoms with Crippen molar-refractivity contribution in [2.45, 2.75) is 37.1 Å². The molecule has 134 valence electrons. The zero-order valence-corrected chi connectivity index (χ0v) is 13.4. The highest BCUT2D eigenvalue weighted by Crippen LogP contribution is 2.36. The van der Waals surface area contributed by atoms with E-state index in [4.69, 9.17) is 18.9 Å². The lowest BCUT2D eigenvalue weighted by Gasteiger charge is -2.46. The Morgan fingerprint density at radius 2 is 1.96 bits per heavy atom. The summed E-state index contributed by atoms with van der Waals surface area (Å²) >= 11 is 0. The lowest BCUT2D eigenvalue weighted by Crippen LogP contribution is -2.61. The van der Waals surface area contributed by atoms with Crippen LogP contribution in [0.1, 0.15) is 11.9 Å². The van der Waals surface area contributed by atoms with Gasteiger partial charge in [0.15, 0.2) is 18.8 Å². The third-order valence-corrected chi connectivity index (χ3v) is 4.26. The normalized spacial score (nSPS) is 37.0. The molecule has 2 saturated heterocycles. The molecule has 1 aromatic rings. The topological polar surface area (TPSA) is 103 Å². The number of benzene rings is 1. The third-order valence-electron chi connectivity index (χ3n) is 3.80. The van der Waals surface area contributed by atoms with Gasteiger partial charge in [-0.1, -0.05) is 30.3 Å². The first kappa shape index (κ1) is 17.7. The summed E-state index contributed by atoms with van der Waals surface area (Å²) in [7, 11) is -3.95. The van der Waals surface area contributed by atoms with E-state index < -0.39 is 47.5 Å². The molecule has 1 aromatic carbocycles. The highest BCUT2D eigenvalue weighted by Gasteiger charge is 2.52. The molecule has 0 amide bonds. The van der Waals surface area contributed by atoms with Gasteiger partial charge in [0.2, 0.25) is 10.4 Å². The molecule has 0 radical (unpaired) electrons. The molecule has 8 nitrogen and oxygen atoms in total. The van der Waals surface area contributed by atoms with Crippen molar-refractivity contribution in [1.82, 2.24) is 0 Å². The van der Waals surface area contributed by atoms with Crippen molar-refractivity contribution in [2.75, 3.05) is 13.7 Å². The minimum atomic E-state index is -5.14. The van der Waals surface area contributed by atoms with E-state index in [9.17, 15) is 17.4 Å². The van der Waals surface area contributed by atoms with Crippen molar-refractivity contribution >= 4 is 10.4 Å². The van der Waals surface area contributed by atoms with Gasteiger partial charge < -0.3 is 23.5 Å². The Balaban J connectivity index is 1.84. The molecular weight excluding hydrogens is 347 g/mol. The number of hydrogen-bond donors (Lipinski definition) is 0. The number of fused-ring (bicyclic) bond motifs is 1. The first-order chi connectivity index (χ1) is 11.4. The molecule has 0 unspecified atom stereocenters. The zero-order chi connectivity index (χ0) is 17.3. The van der Waals surface area contributed by atoms with Gasteiger partial charge in [-0.3, -0.25) is 4.18 Å². The molecule has 0 N–H and O–H groups in total. The Hall–Kier alpha value is -1.14. The average molecular weight is 363 g/mol. The Labute approximate surface area is 138 Å². The van der Waals surface area contributed by atoms with Crippen molar-refractivity contribution in [1.29, 1.82) is 0 Å². The van der Waals surface area contributed by atoms with Gasteiger partial charge in [-0.05, 0) is 0 Å². The van der Waals surface area contributed by atoms with Crippen LogP contribution in [-0.4, -0.2) is 57.5 Å². The maximum atomic E-state index is 14.4. The van der Waals surface area contributed by atoms with E-state index in [1.807, 2.05) is 0 Å². The molecule has 2 aliphatic rings. The fourth-order valence-corrected chi connectivity index (χ4v) is 3.24. The molecule has 24 heavy (non-hydrogen) atoms. The standard InChI is InChI=1S/C14H17FO8S/c1-19-14-10(15)12(23-24(16,17)18)11-9(21-14)7-20-13(22-11)8-5-3-2-4-6-8/h2-6,9-14H,7H2,1H3,(H,16,17,18)/p-1/t9-,10-,11-,12-,13-,14-/m1/s1. The summed E-state index contributed by atoms with van der Waals surface area (Å²) in [6.07, 6.45) is -7.94. The summed E-state index contributed by atoms with van der Waals surface area (Å²) in [4.78, 5) is 0. The Morgan fingerprint density at radius 1 is 1.25 bits per heavy atom. The van der Waals surface area contributed by atoms with Crippen LogP contribution in [0, 0.1) is 0 Å². The van der Waals surface area contributed by atoms with Crippen LogP contribution in [-0.2, 0) is 33.5 Å². The van der Waals surface area contributed by atoms with Gasteiger partial charge in [-0.2, -0.15) is 0 Å². The average Bonchev–Trinajstić information content (AvgIpc) is 2.56. The number of halogens is 1. The second kappa shape index (κ2) is 7.00. The molecule has 3 rings (SSSR count). The molecule has 0 aromatic heterocycles. The summed E-state index contributed by atoms with van der Waals surface area (Å²) in [5, 5.41) is 0. The van der Waals surface area contributed by atoms with Crippen LogP contribution < -0.4 is 0 Å². The van der Waals surface area contributed by atoms with E-state index >= 15 is 0 Å². The summed E-state index contributed by atoms with van der Waals surface area (Å²) < 4.78 is 73.0. The molecular formula is C14H16FO8S-. The number of hydrogen-bond acceptors (Lipinski definition) is 8. The van der Waals surface area contributed by atoms with Gasteiger partial charge in [-0.25, -0.2) is 12.8 Å². The van der Waals surface area contributed by atoms with Crippen LogP contribution in [0.15, 0.2) is 30.3 Å². The maximum absolute atomic E-state index is 14.4. The van der Waals surface area contributed by atoms with Crippen molar-refractivity contribution in [2.24, 2.45) is 0 Å². The molecule has 0 spiro atoms. The van der Waals surface area contributed by atoms with Gasteiger partial charge in [-0.15, -0.1) is 0 Å². The Bertz CT molecular complexity index is 654. The largest absolute Gasteiger partial charge is 0.726 e.